The number of aryl methyl sites for hydroxylation is 1. The van der Waals surface area contributed by atoms with Gasteiger partial charge in [-0.25, -0.2) is 4.79 Å². The number of carbonyl (C=O) groups excluding carboxylic acids is 2. The number of aromatic nitrogens is 1. The molecule has 2 aromatic rings. The smallest absolute Gasteiger partial charge is 0.321 e. The van der Waals surface area contributed by atoms with E-state index >= 15 is 0 Å². The van der Waals surface area contributed by atoms with Crippen LogP contribution in [0.5, 0.6) is 0 Å². The normalized spacial score (nSPS) is 17.2. The predicted molar refractivity (Wildman–Crippen MR) is 120 cm³/mol. The maximum absolute atomic E-state index is 13.1. The summed E-state index contributed by atoms with van der Waals surface area (Å²) in [6.07, 6.45) is 8.28. The maximum atomic E-state index is 13.1. The quantitative estimate of drug-likeness (QED) is 0.702. The van der Waals surface area contributed by atoms with Crippen molar-refractivity contribution in [2.45, 2.75) is 64.8 Å². The summed E-state index contributed by atoms with van der Waals surface area (Å²) in [7, 11) is 0. The molecule has 6 heteroatoms. The van der Waals surface area contributed by atoms with E-state index in [1.54, 1.807) is 0 Å². The van der Waals surface area contributed by atoms with Crippen LogP contribution in [0.3, 0.4) is 0 Å². The number of carbonyl (C=O) groups is 2. The van der Waals surface area contributed by atoms with Crippen LogP contribution >= 0.6 is 0 Å². The minimum Gasteiger partial charge on any atom is -0.345 e. The van der Waals surface area contributed by atoms with Crippen LogP contribution in [0.2, 0.25) is 0 Å². The number of urea groups is 1. The topological polar surface area (TPSA) is 66.4 Å². The van der Waals surface area contributed by atoms with Gasteiger partial charge >= 0.3 is 6.03 Å². The van der Waals surface area contributed by atoms with Crippen LogP contribution in [-0.4, -0.2) is 34.5 Å². The summed E-state index contributed by atoms with van der Waals surface area (Å²) in [6, 6.07) is 9.77. The van der Waals surface area contributed by atoms with Crippen LogP contribution < -0.4 is 10.6 Å². The Morgan fingerprint density at radius 3 is 2.20 bits per heavy atom. The highest BCUT2D eigenvalue weighted by molar-refractivity contribution is 6.08. The molecule has 6 nitrogen and oxygen atoms in total. The van der Waals surface area contributed by atoms with Crippen molar-refractivity contribution in [3.8, 4) is 0 Å². The first kappa shape index (κ1) is 20.5. The molecule has 1 saturated heterocycles. The van der Waals surface area contributed by atoms with Gasteiger partial charge in [-0.15, -0.1) is 0 Å². The molecule has 2 heterocycles. The van der Waals surface area contributed by atoms with E-state index in [1.807, 2.05) is 42.2 Å². The Labute approximate surface area is 178 Å². The molecular formula is C24H32N4O2. The van der Waals surface area contributed by atoms with Gasteiger partial charge in [0.2, 0.25) is 0 Å². The minimum absolute atomic E-state index is 0.107. The lowest BCUT2D eigenvalue weighted by Crippen LogP contribution is -2.32. The van der Waals surface area contributed by atoms with Crippen molar-refractivity contribution < 1.29 is 9.59 Å². The van der Waals surface area contributed by atoms with Crippen LogP contribution in [0.15, 0.2) is 30.3 Å². The highest BCUT2D eigenvalue weighted by Gasteiger charge is 2.23. The molecule has 1 saturated carbocycles. The van der Waals surface area contributed by atoms with Crippen molar-refractivity contribution in [3.63, 3.8) is 0 Å². The standard InChI is InChI=1S/C24H32N4O2/c1-17-16-20(18(2)28(17)19-10-4-3-5-11-19)23(29)25-21-12-6-7-13-22(21)26-24(30)27-14-8-9-15-27/h6-7,12-13,16,19H,3-5,8-11,14-15H2,1-2H3,(H,25,29)(H,26,30). The molecule has 30 heavy (non-hydrogen) atoms. The van der Waals surface area contributed by atoms with Crippen molar-refractivity contribution in [3.05, 3.63) is 47.3 Å². The minimum atomic E-state index is -0.131. The van der Waals surface area contributed by atoms with E-state index in [0.29, 0.717) is 23.0 Å². The number of anilines is 2. The maximum Gasteiger partial charge on any atom is 0.321 e. The van der Waals surface area contributed by atoms with E-state index in [0.717, 1.165) is 37.3 Å². The fourth-order valence-corrected chi connectivity index (χ4v) is 4.91. The van der Waals surface area contributed by atoms with Crippen LogP contribution in [0.4, 0.5) is 16.2 Å². The summed E-state index contributed by atoms with van der Waals surface area (Å²) in [5.74, 6) is -0.131. The van der Waals surface area contributed by atoms with Crippen LogP contribution in [0, 0.1) is 13.8 Å². The van der Waals surface area contributed by atoms with Gasteiger partial charge in [0, 0.05) is 30.5 Å². The van der Waals surface area contributed by atoms with Crippen molar-refractivity contribution in [1.29, 1.82) is 0 Å². The third-order valence-electron chi connectivity index (χ3n) is 6.48. The zero-order valence-corrected chi connectivity index (χ0v) is 18.0. The number of hydrogen-bond donors (Lipinski definition) is 2. The highest BCUT2D eigenvalue weighted by atomic mass is 16.2. The van der Waals surface area contributed by atoms with E-state index in [4.69, 9.17) is 0 Å². The molecule has 1 aromatic heterocycles. The molecule has 0 spiro atoms. The molecule has 1 aromatic carbocycles. The van der Waals surface area contributed by atoms with Gasteiger partial charge in [0.15, 0.2) is 0 Å². The summed E-state index contributed by atoms with van der Waals surface area (Å²) in [4.78, 5) is 27.4. The van der Waals surface area contributed by atoms with E-state index in [-0.39, 0.29) is 11.9 Å². The van der Waals surface area contributed by atoms with E-state index in [1.165, 1.54) is 32.1 Å². The Hall–Kier alpha value is -2.76. The number of rotatable bonds is 4. The molecule has 2 fully saturated rings. The van der Waals surface area contributed by atoms with Gasteiger partial charge < -0.3 is 20.1 Å². The molecule has 2 N–H and O–H groups in total. The van der Waals surface area contributed by atoms with Crippen LogP contribution in [-0.2, 0) is 0 Å². The monoisotopic (exact) mass is 408 g/mol. The molecule has 0 radical (unpaired) electrons. The number of benzene rings is 1. The Morgan fingerprint density at radius 1 is 0.900 bits per heavy atom. The summed E-state index contributed by atoms with van der Waals surface area (Å²) in [5.41, 5.74) is 4.12. The second kappa shape index (κ2) is 8.94. The van der Waals surface area contributed by atoms with Crippen molar-refractivity contribution in [2.75, 3.05) is 23.7 Å². The number of nitrogens with zero attached hydrogens (tertiary/aromatic N) is 2. The molecule has 160 valence electrons. The average molecular weight is 409 g/mol. The lowest BCUT2D eigenvalue weighted by molar-refractivity contribution is 0.102. The number of nitrogens with one attached hydrogen (secondary N) is 2. The first-order valence-electron chi connectivity index (χ1n) is 11.2. The lowest BCUT2D eigenvalue weighted by atomic mass is 9.95. The van der Waals surface area contributed by atoms with Gasteiger partial charge in [0.05, 0.1) is 16.9 Å². The third-order valence-corrected chi connectivity index (χ3v) is 6.48. The summed E-state index contributed by atoms with van der Waals surface area (Å²) in [5, 5.41) is 5.98. The fourth-order valence-electron chi connectivity index (χ4n) is 4.91. The Kier molecular flexibility index (Phi) is 6.11. The third kappa shape index (κ3) is 4.23. The van der Waals surface area contributed by atoms with Gasteiger partial charge in [0.25, 0.3) is 5.91 Å². The van der Waals surface area contributed by atoms with Crippen molar-refractivity contribution in [1.82, 2.24) is 9.47 Å². The van der Waals surface area contributed by atoms with Gasteiger partial charge in [-0.05, 0) is 57.7 Å². The summed E-state index contributed by atoms with van der Waals surface area (Å²) < 4.78 is 2.34. The first-order chi connectivity index (χ1) is 14.5. The average Bonchev–Trinajstić information content (AvgIpc) is 3.38. The molecule has 0 bridgehead atoms. The highest BCUT2D eigenvalue weighted by Crippen LogP contribution is 2.32. The lowest BCUT2D eigenvalue weighted by Gasteiger charge is -2.26. The van der Waals surface area contributed by atoms with E-state index in [9.17, 15) is 9.59 Å². The molecule has 2 aliphatic rings. The zero-order chi connectivity index (χ0) is 21.1. The largest absolute Gasteiger partial charge is 0.345 e. The Morgan fingerprint density at radius 2 is 1.53 bits per heavy atom. The molecule has 1 aliphatic heterocycles. The van der Waals surface area contributed by atoms with Gasteiger partial charge in [-0.3, -0.25) is 4.79 Å². The molecule has 0 atom stereocenters. The molecule has 0 unspecified atom stereocenters. The van der Waals surface area contributed by atoms with E-state index in [2.05, 4.69) is 22.1 Å². The van der Waals surface area contributed by atoms with Crippen molar-refractivity contribution in [2.24, 2.45) is 0 Å². The predicted octanol–water partition coefficient (Wildman–Crippen LogP) is 5.49. The second-order valence-corrected chi connectivity index (χ2v) is 8.57. The zero-order valence-electron chi connectivity index (χ0n) is 18.0. The number of likely N-dealkylation sites (tertiary alicyclic amines) is 1. The number of amides is 3. The van der Waals surface area contributed by atoms with Gasteiger partial charge in [-0.2, -0.15) is 0 Å². The van der Waals surface area contributed by atoms with Crippen LogP contribution in [0.1, 0.15) is 72.7 Å². The summed E-state index contributed by atoms with van der Waals surface area (Å²) in [6.45, 7) is 5.70. The molecule has 4 rings (SSSR count). The van der Waals surface area contributed by atoms with Crippen molar-refractivity contribution >= 4 is 23.3 Å². The van der Waals surface area contributed by atoms with Crippen LogP contribution in [0.25, 0.3) is 0 Å². The molecule has 1 aliphatic carbocycles. The SMILES string of the molecule is Cc1cc(C(=O)Nc2ccccc2NC(=O)N2CCCC2)c(C)n1C1CCCCC1. The Bertz CT molecular complexity index is 921. The second-order valence-electron chi connectivity index (χ2n) is 8.57. The Balaban J connectivity index is 1.51. The van der Waals surface area contributed by atoms with Gasteiger partial charge in [0.1, 0.15) is 0 Å². The molecule has 3 amide bonds. The van der Waals surface area contributed by atoms with Gasteiger partial charge in [-0.1, -0.05) is 31.4 Å². The number of hydrogen-bond acceptors (Lipinski definition) is 2. The molecular weight excluding hydrogens is 376 g/mol. The van der Waals surface area contributed by atoms with E-state index < -0.39 is 0 Å². The number of para-hydroxylation sites is 2. The summed E-state index contributed by atoms with van der Waals surface area (Å²) >= 11 is 0. The fraction of sp³-hybridized carbons (Fsp3) is 0.500. The first-order valence-corrected chi connectivity index (χ1v) is 11.2.